The van der Waals surface area contributed by atoms with Gasteiger partial charge in [-0.2, -0.15) is 0 Å². The van der Waals surface area contributed by atoms with E-state index in [0.717, 1.165) is 6.42 Å². The molecule has 0 amide bonds. The largest absolute Gasteiger partial charge is 0.481 e. The third kappa shape index (κ3) is 14.2. The Morgan fingerprint density at radius 3 is 1.62 bits per heavy atom. The van der Waals surface area contributed by atoms with Crippen LogP contribution in [0.2, 0.25) is 0 Å². The van der Waals surface area contributed by atoms with Gasteiger partial charge in [-0.3, -0.25) is 4.79 Å². The van der Waals surface area contributed by atoms with Crippen molar-refractivity contribution in [2.24, 2.45) is 11.8 Å². The maximum Gasteiger partial charge on any atom is 0.303 e. The van der Waals surface area contributed by atoms with E-state index in [2.05, 4.69) is 20.8 Å². The van der Waals surface area contributed by atoms with Crippen molar-refractivity contribution in [1.29, 1.82) is 0 Å². The first-order valence-electron chi connectivity index (χ1n) is 9.29. The van der Waals surface area contributed by atoms with Gasteiger partial charge >= 0.3 is 5.97 Å². The van der Waals surface area contributed by atoms with Crippen LogP contribution in [0.1, 0.15) is 104 Å². The molecule has 0 aromatic rings. The number of hydrogen-bond donors (Lipinski definition) is 1. The van der Waals surface area contributed by atoms with Gasteiger partial charge in [0.25, 0.3) is 0 Å². The Kier molecular flexibility index (Phi) is 14.0. The summed E-state index contributed by atoms with van der Waals surface area (Å²) in [5, 5.41) is 8.91. The molecule has 0 aromatic heterocycles. The predicted molar refractivity (Wildman–Crippen MR) is 91.7 cm³/mol. The SMILES string of the molecule is CCCCCCCCCCCCCC(CC(=O)O)C(C)C. The van der Waals surface area contributed by atoms with Gasteiger partial charge in [0.15, 0.2) is 0 Å². The van der Waals surface area contributed by atoms with Crippen LogP contribution in [0, 0.1) is 11.8 Å². The second kappa shape index (κ2) is 14.4. The fraction of sp³-hybridized carbons (Fsp3) is 0.947. The second-order valence-electron chi connectivity index (χ2n) is 6.93. The maximum absolute atomic E-state index is 10.8. The zero-order valence-electron chi connectivity index (χ0n) is 14.7. The summed E-state index contributed by atoms with van der Waals surface area (Å²) in [4.78, 5) is 10.8. The van der Waals surface area contributed by atoms with E-state index in [1.165, 1.54) is 70.6 Å². The third-order valence-electron chi connectivity index (χ3n) is 4.56. The first kappa shape index (κ1) is 20.5. The molecule has 0 heterocycles. The van der Waals surface area contributed by atoms with Gasteiger partial charge < -0.3 is 5.11 Å². The molecule has 0 aliphatic carbocycles. The Balaban J connectivity index is 3.36. The van der Waals surface area contributed by atoms with E-state index >= 15 is 0 Å². The van der Waals surface area contributed by atoms with E-state index < -0.39 is 5.97 Å². The van der Waals surface area contributed by atoms with E-state index in [0.29, 0.717) is 18.3 Å². The zero-order chi connectivity index (χ0) is 15.9. The zero-order valence-corrected chi connectivity index (χ0v) is 14.7. The minimum absolute atomic E-state index is 0.343. The average Bonchev–Trinajstić information content (AvgIpc) is 2.42. The molecule has 2 heteroatoms. The Hall–Kier alpha value is -0.530. The highest BCUT2D eigenvalue weighted by Crippen LogP contribution is 2.22. The first-order chi connectivity index (χ1) is 10.1. The summed E-state index contributed by atoms with van der Waals surface area (Å²) >= 11 is 0. The molecule has 21 heavy (non-hydrogen) atoms. The Morgan fingerprint density at radius 1 is 0.810 bits per heavy atom. The minimum Gasteiger partial charge on any atom is -0.481 e. The summed E-state index contributed by atoms with van der Waals surface area (Å²) in [7, 11) is 0. The van der Waals surface area contributed by atoms with Gasteiger partial charge in [0.05, 0.1) is 0 Å². The first-order valence-corrected chi connectivity index (χ1v) is 9.29. The normalized spacial score (nSPS) is 12.8. The summed E-state index contributed by atoms with van der Waals surface area (Å²) in [6.45, 7) is 6.55. The van der Waals surface area contributed by atoms with Crippen molar-refractivity contribution in [3.05, 3.63) is 0 Å². The van der Waals surface area contributed by atoms with Gasteiger partial charge in [-0.1, -0.05) is 91.4 Å². The van der Waals surface area contributed by atoms with Crippen molar-refractivity contribution in [3.8, 4) is 0 Å². The molecule has 2 nitrogen and oxygen atoms in total. The Morgan fingerprint density at radius 2 is 1.24 bits per heavy atom. The number of rotatable bonds is 15. The highest BCUT2D eigenvalue weighted by atomic mass is 16.4. The fourth-order valence-corrected chi connectivity index (χ4v) is 2.97. The highest BCUT2D eigenvalue weighted by molar-refractivity contribution is 5.67. The number of aliphatic carboxylic acids is 1. The van der Waals surface area contributed by atoms with Gasteiger partial charge in [0.1, 0.15) is 0 Å². The molecular weight excluding hydrogens is 260 g/mol. The van der Waals surface area contributed by atoms with Crippen molar-refractivity contribution in [2.75, 3.05) is 0 Å². The highest BCUT2D eigenvalue weighted by Gasteiger charge is 2.16. The Bertz CT molecular complexity index is 236. The smallest absolute Gasteiger partial charge is 0.303 e. The number of carboxylic acid groups (broad SMARTS) is 1. The molecule has 1 unspecified atom stereocenters. The molecule has 0 spiro atoms. The Labute approximate surface area is 132 Å². The number of hydrogen-bond acceptors (Lipinski definition) is 1. The molecule has 0 aliphatic heterocycles. The van der Waals surface area contributed by atoms with Gasteiger partial charge in [0.2, 0.25) is 0 Å². The molecule has 0 saturated heterocycles. The van der Waals surface area contributed by atoms with E-state index in [1.54, 1.807) is 0 Å². The van der Waals surface area contributed by atoms with Gasteiger partial charge in [-0.15, -0.1) is 0 Å². The molecule has 1 atom stereocenters. The lowest BCUT2D eigenvalue weighted by Crippen LogP contribution is -2.13. The van der Waals surface area contributed by atoms with Crippen LogP contribution in [0.5, 0.6) is 0 Å². The van der Waals surface area contributed by atoms with Crippen molar-refractivity contribution >= 4 is 5.97 Å². The number of carboxylic acids is 1. The summed E-state index contributed by atoms with van der Waals surface area (Å²) in [5.74, 6) is 0.210. The van der Waals surface area contributed by atoms with E-state index in [-0.39, 0.29) is 0 Å². The maximum atomic E-state index is 10.8. The lowest BCUT2D eigenvalue weighted by Gasteiger charge is -2.18. The molecule has 0 bridgehead atoms. The molecule has 0 aromatic carbocycles. The van der Waals surface area contributed by atoms with Crippen LogP contribution in [-0.4, -0.2) is 11.1 Å². The number of carbonyl (C=O) groups is 1. The van der Waals surface area contributed by atoms with Crippen LogP contribution in [0.4, 0.5) is 0 Å². The standard InChI is InChI=1S/C19H38O2/c1-4-5-6-7-8-9-10-11-12-13-14-15-18(17(2)3)16-19(20)21/h17-18H,4-16H2,1-3H3,(H,20,21). The van der Waals surface area contributed by atoms with Crippen LogP contribution in [0.3, 0.4) is 0 Å². The molecule has 0 fully saturated rings. The second-order valence-corrected chi connectivity index (χ2v) is 6.93. The summed E-state index contributed by atoms with van der Waals surface area (Å²) in [6, 6.07) is 0. The summed E-state index contributed by atoms with van der Waals surface area (Å²) in [5.41, 5.74) is 0. The molecule has 0 rings (SSSR count). The van der Waals surface area contributed by atoms with Crippen LogP contribution >= 0.6 is 0 Å². The average molecular weight is 299 g/mol. The third-order valence-corrected chi connectivity index (χ3v) is 4.56. The molecule has 1 N–H and O–H groups in total. The molecule has 0 saturated carbocycles. The van der Waals surface area contributed by atoms with Crippen LogP contribution in [0.25, 0.3) is 0 Å². The topological polar surface area (TPSA) is 37.3 Å². The van der Waals surface area contributed by atoms with Gasteiger partial charge in [0, 0.05) is 6.42 Å². The minimum atomic E-state index is -0.642. The van der Waals surface area contributed by atoms with Crippen LogP contribution in [0.15, 0.2) is 0 Å². The van der Waals surface area contributed by atoms with Crippen LogP contribution in [-0.2, 0) is 4.79 Å². The van der Waals surface area contributed by atoms with Gasteiger partial charge in [-0.05, 0) is 18.3 Å². The van der Waals surface area contributed by atoms with Crippen LogP contribution < -0.4 is 0 Å². The lowest BCUT2D eigenvalue weighted by atomic mass is 9.87. The lowest BCUT2D eigenvalue weighted by molar-refractivity contribution is -0.138. The van der Waals surface area contributed by atoms with Crippen molar-refractivity contribution in [2.45, 2.75) is 104 Å². The molecule has 0 aliphatic rings. The predicted octanol–water partition coefficient (Wildman–Crippen LogP) is 6.43. The van der Waals surface area contributed by atoms with E-state index in [4.69, 9.17) is 5.11 Å². The quantitative estimate of drug-likeness (QED) is 0.353. The summed E-state index contributed by atoms with van der Waals surface area (Å²) < 4.78 is 0. The molecule has 126 valence electrons. The summed E-state index contributed by atoms with van der Waals surface area (Å²) in [6.07, 6.45) is 16.3. The molecular formula is C19H38O2. The number of unbranched alkanes of at least 4 members (excludes halogenated alkanes) is 10. The van der Waals surface area contributed by atoms with E-state index in [1.807, 2.05) is 0 Å². The van der Waals surface area contributed by atoms with Gasteiger partial charge in [-0.25, -0.2) is 0 Å². The van der Waals surface area contributed by atoms with Crippen molar-refractivity contribution in [3.63, 3.8) is 0 Å². The van der Waals surface area contributed by atoms with Crippen molar-refractivity contribution in [1.82, 2.24) is 0 Å². The molecule has 0 radical (unpaired) electrons. The monoisotopic (exact) mass is 298 g/mol. The van der Waals surface area contributed by atoms with Crippen molar-refractivity contribution < 1.29 is 9.90 Å². The van der Waals surface area contributed by atoms with E-state index in [9.17, 15) is 4.79 Å². The fourth-order valence-electron chi connectivity index (χ4n) is 2.97.